The molecule has 0 bridgehead atoms. The number of hydrogen-bond donors (Lipinski definition) is 1. The lowest BCUT2D eigenvalue weighted by atomic mass is 10.0. The maximum absolute atomic E-state index is 11.1. The van der Waals surface area contributed by atoms with Crippen LogP contribution in [0.25, 0.3) is 0 Å². The van der Waals surface area contributed by atoms with Crippen LogP contribution in [0, 0.1) is 0 Å². The second-order valence-electron chi connectivity index (χ2n) is 5.65. The quantitative estimate of drug-likeness (QED) is 0.181. The number of amides is 1. The van der Waals surface area contributed by atoms with E-state index in [0.29, 0.717) is 10.5 Å². The minimum absolute atomic E-state index is 0.256. The van der Waals surface area contributed by atoms with Gasteiger partial charge in [-0.25, -0.2) is 0 Å². The third kappa shape index (κ3) is 14.3. The highest BCUT2D eigenvalue weighted by atomic mass is 79.9. The van der Waals surface area contributed by atoms with Crippen LogP contribution < -0.4 is 0 Å². The van der Waals surface area contributed by atoms with Crippen molar-refractivity contribution in [3.8, 4) is 0 Å². The van der Waals surface area contributed by atoms with Gasteiger partial charge in [-0.05, 0) is 6.42 Å². The molecule has 1 amide bonds. The minimum Gasteiger partial charge on any atom is -0.275 e. The van der Waals surface area contributed by atoms with Crippen LogP contribution in [0.3, 0.4) is 0 Å². The number of hydrogen-bond acceptors (Lipinski definition) is 2. The summed E-state index contributed by atoms with van der Waals surface area (Å²) in [5, 5.41) is 8.81. The highest BCUT2D eigenvalue weighted by molar-refractivity contribution is 9.07. The molecule has 1 N–H and O–H groups in total. The van der Waals surface area contributed by atoms with Crippen LogP contribution in [-0.4, -0.2) is 15.2 Å². The van der Waals surface area contributed by atoms with Gasteiger partial charge < -0.3 is 0 Å². The summed E-state index contributed by atoms with van der Waals surface area (Å²) < 4.78 is 0.507. The molecule has 0 aliphatic rings. The molecule has 0 radical (unpaired) electrons. The Morgan fingerprint density at radius 1 is 0.800 bits per heavy atom. The molecule has 0 aromatic carbocycles. The van der Waals surface area contributed by atoms with Gasteiger partial charge in [0.2, 0.25) is 0 Å². The van der Waals surface area contributed by atoms with Gasteiger partial charge in [0.05, 0.1) is 16.1 Å². The van der Waals surface area contributed by atoms with Crippen molar-refractivity contribution >= 4 is 22.1 Å². The van der Waals surface area contributed by atoms with Crippen molar-refractivity contribution in [2.24, 2.45) is 0 Å². The summed E-state index contributed by atoms with van der Waals surface area (Å²) >= 11 is 2.72. The number of hydroxylamine groups is 1. The zero-order chi connectivity index (χ0) is 15.1. The molecule has 0 saturated heterocycles. The fourth-order valence-electron chi connectivity index (χ4n) is 2.39. The van der Waals surface area contributed by atoms with Crippen molar-refractivity contribution < 1.29 is 10.0 Å². The molecule has 20 heavy (non-hydrogen) atoms. The Bertz CT molecular complexity index is 223. The van der Waals surface area contributed by atoms with Gasteiger partial charge in [0.1, 0.15) is 0 Å². The van der Waals surface area contributed by atoms with Gasteiger partial charge >= 0.3 is 0 Å². The molecular weight excluding hydrogens is 318 g/mol. The van der Waals surface area contributed by atoms with E-state index in [9.17, 15) is 4.79 Å². The smallest absolute Gasteiger partial charge is 0.256 e. The van der Waals surface area contributed by atoms with Gasteiger partial charge in [-0.1, -0.05) is 84.0 Å². The van der Waals surface area contributed by atoms with E-state index < -0.39 is 0 Å². The van der Waals surface area contributed by atoms with Crippen LogP contribution >= 0.6 is 16.1 Å². The molecular formula is C16H32BrNO2. The highest BCUT2D eigenvalue weighted by Gasteiger charge is 2.05. The molecule has 0 aliphatic heterocycles. The van der Waals surface area contributed by atoms with Crippen LogP contribution in [-0.2, 0) is 4.79 Å². The Kier molecular flexibility index (Phi) is 15.2. The Hall–Kier alpha value is -0.0900. The van der Waals surface area contributed by atoms with E-state index in [1.165, 1.54) is 70.6 Å². The predicted octanol–water partition coefficient (Wildman–Crippen LogP) is 6.00. The molecule has 4 heteroatoms. The normalized spacial score (nSPS) is 10.8. The molecule has 0 heterocycles. The minimum atomic E-state index is -0.256. The Labute approximate surface area is 133 Å². The SMILES string of the molecule is CCCCCCCCCCCCCCCC(=O)N(O)Br. The first-order chi connectivity index (χ1) is 9.68. The van der Waals surface area contributed by atoms with Crippen LogP contribution in [0.15, 0.2) is 0 Å². The maximum atomic E-state index is 11.1. The van der Waals surface area contributed by atoms with E-state index in [0.717, 1.165) is 12.8 Å². The van der Waals surface area contributed by atoms with Gasteiger partial charge in [-0.2, -0.15) is 4.09 Å². The van der Waals surface area contributed by atoms with Crippen LogP contribution in [0.1, 0.15) is 96.8 Å². The first kappa shape index (κ1) is 19.9. The third-order valence-corrected chi connectivity index (χ3v) is 4.10. The van der Waals surface area contributed by atoms with Crippen molar-refractivity contribution in [1.82, 2.24) is 4.09 Å². The zero-order valence-electron chi connectivity index (χ0n) is 13.1. The molecule has 0 atom stereocenters. The number of carbonyl (C=O) groups is 1. The summed E-state index contributed by atoms with van der Waals surface area (Å²) in [6.07, 6.45) is 17.3. The van der Waals surface area contributed by atoms with E-state index in [4.69, 9.17) is 5.21 Å². The van der Waals surface area contributed by atoms with Crippen molar-refractivity contribution in [1.29, 1.82) is 0 Å². The lowest BCUT2D eigenvalue weighted by Crippen LogP contribution is -2.15. The molecule has 0 rings (SSSR count). The van der Waals surface area contributed by atoms with E-state index in [-0.39, 0.29) is 5.91 Å². The average Bonchev–Trinajstić information content (AvgIpc) is 2.43. The first-order valence-corrected chi connectivity index (χ1v) is 9.07. The molecule has 0 aromatic heterocycles. The first-order valence-electron chi connectivity index (χ1n) is 8.36. The lowest BCUT2D eigenvalue weighted by Gasteiger charge is -2.05. The van der Waals surface area contributed by atoms with Gasteiger partial charge in [-0.3, -0.25) is 10.0 Å². The number of unbranched alkanes of at least 4 members (excludes halogenated alkanes) is 12. The summed E-state index contributed by atoms with van der Waals surface area (Å²) in [5.74, 6) is -0.256. The summed E-state index contributed by atoms with van der Waals surface area (Å²) in [6, 6.07) is 0. The van der Waals surface area contributed by atoms with Gasteiger partial charge in [0.25, 0.3) is 5.91 Å². The Balaban J connectivity index is 3.04. The molecule has 0 aliphatic carbocycles. The molecule has 120 valence electrons. The Morgan fingerprint density at radius 2 is 1.15 bits per heavy atom. The standard InChI is InChI=1S/C16H32BrNO2/c1-2-3-4-5-6-7-8-9-10-11-12-13-14-15-16(19)18(17)20/h20H,2-15H2,1H3. The highest BCUT2D eigenvalue weighted by Crippen LogP contribution is 2.13. The topological polar surface area (TPSA) is 40.5 Å². The number of rotatable bonds is 14. The van der Waals surface area contributed by atoms with Crippen LogP contribution in [0.5, 0.6) is 0 Å². The fraction of sp³-hybridized carbons (Fsp3) is 0.938. The Morgan fingerprint density at radius 3 is 1.50 bits per heavy atom. The molecule has 0 saturated carbocycles. The van der Waals surface area contributed by atoms with Crippen molar-refractivity contribution in [3.63, 3.8) is 0 Å². The fourth-order valence-corrected chi connectivity index (χ4v) is 2.56. The maximum Gasteiger partial charge on any atom is 0.256 e. The van der Waals surface area contributed by atoms with Crippen LogP contribution in [0.2, 0.25) is 0 Å². The van der Waals surface area contributed by atoms with E-state index in [2.05, 4.69) is 23.1 Å². The van der Waals surface area contributed by atoms with Crippen molar-refractivity contribution in [2.45, 2.75) is 96.8 Å². The molecule has 3 nitrogen and oxygen atoms in total. The summed E-state index contributed by atoms with van der Waals surface area (Å²) in [4.78, 5) is 11.1. The van der Waals surface area contributed by atoms with Gasteiger partial charge in [0.15, 0.2) is 0 Å². The number of nitrogens with zero attached hydrogens (tertiary/aromatic N) is 1. The third-order valence-electron chi connectivity index (χ3n) is 3.70. The van der Waals surface area contributed by atoms with E-state index >= 15 is 0 Å². The van der Waals surface area contributed by atoms with Gasteiger partial charge in [-0.15, -0.1) is 0 Å². The van der Waals surface area contributed by atoms with Crippen molar-refractivity contribution in [2.75, 3.05) is 0 Å². The van der Waals surface area contributed by atoms with Crippen LogP contribution in [0.4, 0.5) is 0 Å². The number of halogens is 1. The average molecular weight is 350 g/mol. The summed E-state index contributed by atoms with van der Waals surface area (Å²) in [7, 11) is 0. The second-order valence-corrected chi connectivity index (χ2v) is 6.32. The summed E-state index contributed by atoms with van der Waals surface area (Å²) in [5.41, 5.74) is 0. The predicted molar refractivity (Wildman–Crippen MR) is 87.9 cm³/mol. The molecule has 0 unspecified atom stereocenters. The number of carbonyl (C=O) groups excluding carboxylic acids is 1. The monoisotopic (exact) mass is 349 g/mol. The van der Waals surface area contributed by atoms with E-state index in [1.807, 2.05) is 0 Å². The molecule has 0 fully saturated rings. The largest absolute Gasteiger partial charge is 0.275 e. The van der Waals surface area contributed by atoms with Crippen molar-refractivity contribution in [3.05, 3.63) is 0 Å². The lowest BCUT2D eigenvalue weighted by molar-refractivity contribution is -0.143. The molecule has 0 spiro atoms. The molecule has 0 aromatic rings. The second kappa shape index (κ2) is 15.3. The van der Waals surface area contributed by atoms with Gasteiger partial charge in [0, 0.05) is 6.42 Å². The zero-order valence-corrected chi connectivity index (χ0v) is 14.7. The summed E-state index contributed by atoms with van der Waals surface area (Å²) in [6.45, 7) is 2.26. The van der Waals surface area contributed by atoms with E-state index in [1.54, 1.807) is 0 Å².